The number of hydrogen-bond acceptors (Lipinski definition) is 4. The van der Waals surface area contributed by atoms with E-state index < -0.39 is 80.5 Å². The molecule has 1 aromatic rings. The fraction of sp³-hybridized carbons (Fsp3) is 0.667. The van der Waals surface area contributed by atoms with E-state index in [1.165, 1.54) is 6.92 Å². The molecule has 2 rings (SSSR count). The van der Waals surface area contributed by atoms with E-state index in [9.17, 15) is 62.6 Å². The van der Waals surface area contributed by atoms with Gasteiger partial charge in [-0.3, -0.25) is 4.79 Å². The van der Waals surface area contributed by atoms with Gasteiger partial charge in [0.1, 0.15) is 4.75 Å². The fourth-order valence-corrected chi connectivity index (χ4v) is 5.26. The summed E-state index contributed by atoms with van der Waals surface area (Å²) in [7, 11) is 0. The molecule has 0 spiro atoms. The average Bonchev–Trinajstić information content (AvgIpc) is 3.29. The van der Waals surface area contributed by atoms with Crippen molar-refractivity contribution in [2.24, 2.45) is 5.41 Å². The number of alkyl halides is 12. The molecule has 37 heavy (non-hydrogen) atoms. The molecule has 1 saturated heterocycles. The molecule has 1 fully saturated rings. The summed E-state index contributed by atoms with van der Waals surface area (Å²) in [5, 5.41) is 8.64. The predicted octanol–water partition coefficient (Wildman–Crippen LogP) is 7.17. The first-order valence-corrected chi connectivity index (χ1v) is 11.1. The average molecular weight is 580 g/mol. The molecule has 2 atom stereocenters. The topological polar surface area (TPSA) is 46.5 Å². The van der Waals surface area contributed by atoms with Crippen LogP contribution in [0.2, 0.25) is 0 Å². The molecule has 3 nitrogen and oxygen atoms in total. The monoisotopic (exact) mass is 580 g/mol. The Balaban J connectivity index is 2.71. The van der Waals surface area contributed by atoms with Crippen LogP contribution in [-0.2, 0) is 20.7 Å². The summed E-state index contributed by atoms with van der Waals surface area (Å²) in [6, 6.07) is -1.50. The lowest BCUT2D eigenvalue weighted by molar-refractivity contribution is -0.379. The zero-order valence-corrected chi connectivity index (χ0v) is 20.1. The lowest BCUT2D eigenvalue weighted by Crippen LogP contribution is -2.58. The van der Waals surface area contributed by atoms with Crippen LogP contribution >= 0.6 is 11.8 Å². The van der Waals surface area contributed by atoms with E-state index in [4.69, 9.17) is 0 Å². The normalized spacial score (nSPS) is 22.1. The summed E-state index contributed by atoms with van der Waals surface area (Å²) in [4.78, 5) is 12.8. The summed E-state index contributed by atoms with van der Waals surface area (Å²) in [6.07, 6.45) is -26.0. The van der Waals surface area contributed by atoms with Gasteiger partial charge in [-0.1, -0.05) is 52.0 Å². The molecule has 0 bridgehead atoms. The summed E-state index contributed by atoms with van der Waals surface area (Å²) >= 11 is 0.750. The quantitative estimate of drug-likeness (QED) is 0.228. The van der Waals surface area contributed by atoms with E-state index in [1.54, 1.807) is 20.8 Å². The summed E-state index contributed by atoms with van der Waals surface area (Å²) in [5.41, 5.74) is -15.9. The predicted molar refractivity (Wildman–Crippen MR) is 106 cm³/mol. The second-order valence-corrected chi connectivity index (χ2v) is 11.4. The largest absolute Gasteiger partial charge is 0.442 e. The summed E-state index contributed by atoms with van der Waals surface area (Å²) in [6.45, 7) is 6.06. The fourth-order valence-electron chi connectivity index (χ4n) is 3.86. The lowest BCUT2D eigenvalue weighted by Gasteiger charge is -2.38. The van der Waals surface area contributed by atoms with Gasteiger partial charge in [-0.25, -0.2) is 0 Å². The van der Waals surface area contributed by atoms with Crippen molar-refractivity contribution in [1.29, 1.82) is 0 Å². The first-order chi connectivity index (χ1) is 16.2. The van der Waals surface area contributed by atoms with Gasteiger partial charge < -0.3 is 9.84 Å². The third-order valence-electron chi connectivity index (χ3n) is 5.70. The van der Waals surface area contributed by atoms with Gasteiger partial charge in [0, 0.05) is 16.4 Å². The number of thioether (sulfide) groups is 1. The van der Waals surface area contributed by atoms with Gasteiger partial charge in [0.2, 0.25) is 0 Å². The molecule has 1 heterocycles. The van der Waals surface area contributed by atoms with Crippen molar-refractivity contribution in [2.45, 2.75) is 80.0 Å². The smallest absolute Gasteiger partial charge is 0.433 e. The molecular weight excluding hydrogens is 560 g/mol. The van der Waals surface area contributed by atoms with Gasteiger partial charge >= 0.3 is 36.3 Å². The van der Waals surface area contributed by atoms with Gasteiger partial charge in [0.05, 0.1) is 0 Å². The molecule has 1 N–H and O–H groups in total. The van der Waals surface area contributed by atoms with Crippen LogP contribution in [0, 0.1) is 5.41 Å². The van der Waals surface area contributed by atoms with E-state index >= 15 is 0 Å². The number of rotatable bonds is 5. The molecule has 16 heteroatoms. The molecule has 1 aromatic carbocycles. The van der Waals surface area contributed by atoms with Crippen molar-refractivity contribution in [3.05, 3.63) is 35.4 Å². The van der Waals surface area contributed by atoms with Crippen LogP contribution in [-0.4, -0.2) is 45.8 Å². The van der Waals surface area contributed by atoms with Crippen molar-refractivity contribution < 1.29 is 67.3 Å². The van der Waals surface area contributed by atoms with Gasteiger partial charge in [0.15, 0.2) is 0 Å². The molecule has 0 aromatic heterocycles. The van der Waals surface area contributed by atoms with E-state index in [0.717, 1.165) is 11.8 Å². The third kappa shape index (κ3) is 5.23. The van der Waals surface area contributed by atoms with Gasteiger partial charge in [-0.15, -0.1) is 11.8 Å². The number of esters is 1. The molecule has 1 aliphatic heterocycles. The van der Waals surface area contributed by atoms with E-state index in [2.05, 4.69) is 4.74 Å². The minimum atomic E-state index is -6.45. The summed E-state index contributed by atoms with van der Waals surface area (Å²) in [5.74, 6) is -1.90. The molecule has 0 amide bonds. The lowest BCUT2D eigenvalue weighted by atomic mass is 9.83. The minimum absolute atomic E-state index is 0.195. The Labute approximate surface area is 206 Å². The molecule has 0 saturated carbocycles. The Hall–Kier alpha value is -1.84. The molecule has 0 radical (unpaired) electrons. The van der Waals surface area contributed by atoms with Crippen molar-refractivity contribution >= 4 is 17.7 Å². The Morgan fingerprint density at radius 1 is 0.811 bits per heavy atom. The number of ether oxygens (including phenoxy) is 1. The zero-order chi connectivity index (χ0) is 29.3. The third-order valence-corrected chi connectivity index (χ3v) is 7.29. The molecule has 2 unspecified atom stereocenters. The van der Waals surface area contributed by atoms with Crippen LogP contribution in [0.15, 0.2) is 24.3 Å². The van der Waals surface area contributed by atoms with Crippen LogP contribution < -0.4 is 0 Å². The highest BCUT2D eigenvalue weighted by Crippen LogP contribution is 2.62. The summed E-state index contributed by atoms with van der Waals surface area (Å²) < 4.78 is 165. The maximum Gasteiger partial charge on any atom is 0.442 e. The maximum atomic E-state index is 14.1. The SMILES string of the molecule is CC1SC1(CC(C)(C)C)C(=O)OC(c1ccc(C(O)(C(F)(F)F)C(F)(F)F)cc1)(C(F)(F)F)C(F)(F)F. The van der Waals surface area contributed by atoms with Crippen molar-refractivity contribution in [3.8, 4) is 0 Å². The highest BCUT2D eigenvalue weighted by molar-refractivity contribution is 8.09. The highest BCUT2D eigenvalue weighted by Gasteiger charge is 2.77. The zero-order valence-electron chi connectivity index (χ0n) is 19.3. The van der Waals surface area contributed by atoms with Crippen LogP contribution in [0.5, 0.6) is 0 Å². The van der Waals surface area contributed by atoms with Crippen molar-refractivity contribution in [2.75, 3.05) is 0 Å². The number of benzene rings is 1. The van der Waals surface area contributed by atoms with E-state index in [-0.39, 0.29) is 18.6 Å². The highest BCUT2D eigenvalue weighted by atomic mass is 32.2. The Kier molecular flexibility index (Phi) is 7.50. The first-order valence-electron chi connectivity index (χ1n) is 10.2. The van der Waals surface area contributed by atoms with Gasteiger partial charge in [-0.2, -0.15) is 52.7 Å². The molecule has 1 aliphatic rings. The van der Waals surface area contributed by atoms with Crippen LogP contribution in [0.3, 0.4) is 0 Å². The van der Waals surface area contributed by atoms with Crippen LogP contribution in [0.4, 0.5) is 52.7 Å². The van der Waals surface area contributed by atoms with Gasteiger partial charge in [0.25, 0.3) is 5.60 Å². The number of aliphatic hydroxyl groups is 1. The second-order valence-electron chi connectivity index (χ2n) is 9.74. The van der Waals surface area contributed by atoms with Crippen LogP contribution in [0.1, 0.15) is 45.2 Å². The molecule has 212 valence electrons. The number of hydrogen-bond donors (Lipinski definition) is 1. The van der Waals surface area contributed by atoms with Crippen molar-refractivity contribution in [3.63, 3.8) is 0 Å². The first kappa shape index (κ1) is 31.4. The maximum absolute atomic E-state index is 14.1. The van der Waals surface area contributed by atoms with Gasteiger partial charge in [-0.05, 0) is 11.8 Å². The van der Waals surface area contributed by atoms with E-state index in [1.807, 2.05) is 0 Å². The molecule has 0 aliphatic carbocycles. The van der Waals surface area contributed by atoms with E-state index in [0.29, 0.717) is 0 Å². The second kappa shape index (κ2) is 8.85. The Morgan fingerprint density at radius 2 is 1.16 bits per heavy atom. The standard InChI is InChI=1S/C21H20F12O3S/c1-10-15(37-10,9-14(2,3)4)13(34)36-17(20(28,29)30,21(31,32)33)12-7-5-11(6-8-12)16(35,18(22,23)24)19(25,26)27/h5-8,10,35H,9H2,1-4H3. The van der Waals surface area contributed by atoms with Crippen molar-refractivity contribution in [1.82, 2.24) is 0 Å². The molecular formula is C21H20F12O3S. The number of halogens is 12. The Morgan fingerprint density at radius 3 is 1.43 bits per heavy atom. The number of carbonyl (C=O) groups excluding carboxylic acids is 1. The van der Waals surface area contributed by atoms with Crippen LogP contribution in [0.25, 0.3) is 0 Å². The Bertz CT molecular complexity index is 975. The number of carbonyl (C=O) groups is 1. The minimum Gasteiger partial charge on any atom is -0.433 e.